The molecule has 0 radical (unpaired) electrons. The second-order valence-corrected chi connectivity index (χ2v) is 6.79. The second-order valence-electron chi connectivity index (χ2n) is 5.88. The van der Waals surface area contributed by atoms with Crippen molar-refractivity contribution >= 4 is 15.9 Å². The third kappa shape index (κ3) is 3.33. The van der Waals surface area contributed by atoms with E-state index in [4.69, 9.17) is 0 Å². The van der Waals surface area contributed by atoms with Crippen molar-refractivity contribution in [1.29, 1.82) is 0 Å². The highest BCUT2D eigenvalue weighted by molar-refractivity contribution is 9.10. The Hall–Kier alpha value is -0.410. The van der Waals surface area contributed by atoms with E-state index in [1.807, 2.05) is 6.07 Å². The van der Waals surface area contributed by atoms with Crippen molar-refractivity contribution in [3.8, 4) is 0 Å². The van der Waals surface area contributed by atoms with Gasteiger partial charge in [-0.3, -0.25) is 0 Å². The minimum atomic E-state index is -0.668. The standard InChI is InChI=1S/C15H20BrFO/c1-10-3-4-15(18,8-11(10)2)9-12-5-13(16)7-14(17)6-12/h5-7,10-11,18H,3-4,8-9H2,1-2H3. The molecule has 0 saturated heterocycles. The molecule has 0 bridgehead atoms. The third-order valence-corrected chi connectivity index (χ3v) is 4.65. The summed E-state index contributed by atoms with van der Waals surface area (Å²) in [5.74, 6) is 0.950. The highest BCUT2D eigenvalue weighted by Gasteiger charge is 2.35. The Labute approximate surface area is 117 Å². The van der Waals surface area contributed by atoms with E-state index in [-0.39, 0.29) is 5.82 Å². The maximum absolute atomic E-state index is 13.3. The van der Waals surface area contributed by atoms with Gasteiger partial charge in [-0.05, 0) is 54.9 Å². The topological polar surface area (TPSA) is 20.2 Å². The van der Waals surface area contributed by atoms with Crippen LogP contribution in [0.15, 0.2) is 22.7 Å². The third-order valence-electron chi connectivity index (χ3n) is 4.19. The van der Waals surface area contributed by atoms with E-state index in [1.165, 1.54) is 12.1 Å². The molecule has 3 atom stereocenters. The summed E-state index contributed by atoms with van der Waals surface area (Å²) in [7, 11) is 0. The molecule has 0 heterocycles. The second kappa shape index (κ2) is 5.30. The van der Waals surface area contributed by atoms with Crippen LogP contribution in [0.25, 0.3) is 0 Å². The Kier molecular flexibility index (Phi) is 4.12. The molecule has 3 heteroatoms. The molecule has 1 nitrogen and oxygen atoms in total. The molecule has 0 spiro atoms. The summed E-state index contributed by atoms with van der Waals surface area (Å²) in [4.78, 5) is 0. The summed E-state index contributed by atoms with van der Waals surface area (Å²) in [6.07, 6.45) is 3.21. The van der Waals surface area contributed by atoms with Crippen LogP contribution in [0.5, 0.6) is 0 Å². The molecule has 1 saturated carbocycles. The van der Waals surface area contributed by atoms with Gasteiger partial charge in [-0.25, -0.2) is 4.39 Å². The summed E-state index contributed by atoms with van der Waals surface area (Å²) >= 11 is 3.30. The minimum absolute atomic E-state index is 0.250. The van der Waals surface area contributed by atoms with Gasteiger partial charge in [-0.1, -0.05) is 29.8 Å². The highest BCUT2D eigenvalue weighted by atomic mass is 79.9. The Morgan fingerprint density at radius 3 is 2.67 bits per heavy atom. The SMILES string of the molecule is CC1CCC(O)(Cc2cc(F)cc(Br)c2)CC1C. The average molecular weight is 315 g/mol. The molecule has 18 heavy (non-hydrogen) atoms. The molecular formula is C15H20BrFO. The normalized spacial score (nSPS) is 32.5. The van der Waals surface area contributed by atoms with Gasteiger partial charge >= 0.3 is 0 Å². The summed E-state index contributed by atoms with van der Waals surface area (Å²) in [6, 6.07) is 4.86. The molecule has 0 aromatic heterocycles. The number of aliphatic hydroxyl groups is 1. The monoisotopic (exact) mass is 314 g/mol. The molecule has 0 amide bonds. The molecule has 3 unspecified atom stereocenters. The predicted molar refractivity (Wildman–Crippen MR) is 74.9 cm³/mol. The van der Waals surface area contributed by atoms with E-state index < -0.39 is 5.60 Å². The lowest BCUT2D eigenvalue weighted by molar-refractivity contribution is -0.0280. The van der Waals surface area contributed by atoms with Crippen molar-refractivity contribution in [3.05, 3.63) is 34.1 Å². The zero-order valence-electron chi connectivity index (χ0n) is 10.9. The summed E-state index contributed by atoms with van der Waals surface area (Å²) < 4.78 is 14.1. The lowest BCUT2D eigenvalue weighted by atomic mass is 9.71. The maximum Gasteiger partial charge on any atom is 0.124 e. The van der Waals surface area contributed by atoms with Gasteiger partial charge in [0.2, 0.25) is 0 Å². The Morgan fingerprint density at radius 1 is 1.33 bits per heavy atom. The van der Waals surface area contributed by atoms with Crippen molar-refractivity contribution in [2.45, 2.75) is 45.1 Å². The quantitative estimate of drug-likeness (QED) is 0.862. The number of hydrogen-bond donors (Lipinski definition) is 1. The lowest BCUT2D eigenvalue weighted by Gasteiger charge is -2.39. The summed E-state index contributed by atoms with van der Waals surface area (Å²) in [5, 5.41) is 10.7. The number of halogens is 2. The molecule has 2 rings (SSSR count). The van der Waals surface area contributed by atoms with Gasteiger partial charge in [0, 0.05) is 10.9 Å². The molecule has 1 aromatic rings. The van der Waals surface area contributed by atoms with Gasteiger partial charge in [-0.2, -0.15) is 0 Å². The minimum Gasteiger partial charge on any atom is -0.390 e. The zero-order chi connectivity index (χ0) is 13.3. The van der Waals surface area contributed by atoms with E-state index in [2.05, 4.69) is 29.8 Å². The van der Waals surface area contributed by atoms with Crippen LogP contribution < -0.4 is 0 Å². The first kappa shape index (κ1) is 14.0. The number of benzene rings is 1. The van der Waals surface area contributed by atoms with Crippen LogP contribution in [0.3, 0.4) is 0 Å². The van der Waals surface area contributed by atoms with E-state index in [0.717, 1.165) is 29.3 Å². The first-order chi connectivity index (χ1) is 8.38. The van der Waals surface area contributed by atoms with Gasteiger partial charge in [0.05, 0.1) is 5.60 Å². The highest BCUT2D eigenvalue weighted by Crippen LogP contribution is 2.38. The molecule has 1 fully saturated rings. The Morgan fingerprint density at radius 2 is 2.06 bits per heavy atom. The van der Waals surface area contributed by atoms with Crippen LogP contribution in [0, 0.1) is 17.7 Å². The predicted octanol–water partition coefficient (Wildman–Crippen LogP) is 4.32. The average Bonchev–Trinajstić information content (AvgIpc) is 2.22. The largest absolute Gasteiger partial charge is 0.390 e. The van der Waals surface area contributed by atoms with Crippen molar-refractivity contribution < 1.29 is 9.50 Å². The summed E-state index contributed by atoms with van der Waals surface area (Å²) in [6.45, 7) is 4.43. The number of rotatable bonds is 2. The smallest absolute Gasteiger partial charge is 0.124 e. The van der Waals surface area contributed by atoms with Gasteiger partial charge in [0.25, 0.3) is 0 Å². The van der Waals surface area contributed by atoms with Crippen molar-refractivity contribution in [2.24, 2.45) is 11.8 Å². The van der Waals surface area contributed by atoms with E-state index >= 15 is 0 Å². The molecule has 1 aliphatic carbocycles. The molecule has 1 N–H and O–H groups in total. The van der Waals surface area contributed by atoms with Crippen LogP contribution in [0.4, 0.5) is 4.39 Å². The fraction of sp³-hybridized carbons (Fsp3) is 0.600. The first-order valence-corrected chi connectivity index (χ1v) is 7.35. The van der Waals surface area contributed by atoms with Gasteiger partial charge in [-0.15, -0.1) is 0 Å². The van der Waals surface area contributed by atoms with Crippen LogP contribution in [-0.2, 0) is 6.42 Å². The molecular weight excluding hydrogens is 295 g/mol. The summed E-state index contributed by atoms with van der Waals surface area (Å²) in [5.41, 5.74) is 0.199. The van der Waals surface area contributed by atoms with Gasteiger partial charge in [0.15, 0.2) is 0 Å². The van der Waals surface area contributed by atoms with Crippen LogP contribution in [0.2, 0.25) is 0 Å². The van der Waals surface area contributed by atoms with Gasteiger partial charge in [0.1, 0.15) is 5.82 Å². The molecule has 1 aliphatic rings. The Balaban J connectivity index is 2.12. The van der Waals surface area contributed by atoms with Gasteiger partial charge < -0.3 is 5.11 Å². The van der Waals surface area contributed by atoms with E-state index in [9.17, 15) is 9.50 Å². The van der Waals surface area contributed by atoms with Crippen molar-refractivity contribution in [1.82, 2.24) is 0 Å². The Bertz CT molecular complexity index is 414. The maximum atomic E-state index is 13.3. The molecule has 1 aromatic carbocycles. The fourth-order valence-electron chi connectivity index (χ4n) is 2.94. The van der Waals surface area contributed by atoms with Crippen LogP contribution in [-0.4, -0.2) is 10.7 Å². The van der Waals surface area contributed by atoms with E-state index in [0.29, 0.717) is 18.3 Å². The van der Waals surface area contributed by atoms with Crippen LogP contribution >= 0.6 is 15.9 Å². The lowest BCUT2D eigenvalue weighted by Crippen LogP contribution is -2.39. The molecule has 0 aliphatic heterocycles. The first-order valence-electron chi connectivity index (χ1n) is 6.55. The van der Waals surface area contributed by atoms with Crippen molar-refractivity contribution in [3.63, 3.8) is 0 Å². The zero-order valence-corrected chi connectivity index (χ0v) is 12.5. The number of hydrogen-bond acceptors (Lipinski definition) is 1. The van der Waals surface area contributed by atoms with E-state index in [1.54, 1.807) is 0 Å². The fourth-order valence-corrected chi connectivity index (χ4v) is 3.45. The van der Waals surface area contributed by atoms with Crippen LogP contribution in [0.1, 0.15) is 38.7 Å². The van der Waals surface area contributed by atoms with Crippen molar-refractivity contribution in [2.75, 3.05) is 0 Å². The molecule has 100 valence electrons.